The predicted molar refractivity (Wildman–Crippen MR) is 74.1 cm³/mol. The summed E-state index contributed by atoms with van der Waals surface area (Å²) in [5, 5.41) is 10.6. The fourth-order valence-corrected chi connectivity index (χ4v) is 2.17. The van der Waals surface area contributed by atoms with E-state index in [0.717, 1.165) is 16.7 Å². The lowest BCUT2D eigenvalue weighted by molar-refractivity contribution is 0.0926. The zero-order chi connectivity index (χ0) is 13.2. The minimum atomic E-state index is -0.798. The van der Waals surface area contributed by atoms with Crippen molar-refractivity contribution in [2.75, 3.05) is 0 Å². The molecule has 18 heavy (non-hydrogen) atoms. The van der Waals surface area contributed by atoms with E-state index in [4.69, 9.17) is 5.73 Å². The van der Waals surface area contributed by atoms with E-state index in [-0.39, 0.29) is 0 Å². The number of nitrogens with two attached hydrogens (primary N) is 1. The van der Waals surface area contributed by atoms with E-state index in [0.29, 0.717) is 0 Å². The summed E-state index contributed by atoms with van der Waals surface area (Å²) in [6, 6.07) is 17.5. The molecule has 0 aliphatic rings. The van der Waals surface area contributed by atoms with Gasteiger partial charge in [-0.3, -0.25) is 0 Å². The second-order valence-corrected chi connectivity index (χ2v) is 4.91. The van der Waals surface area contributed by atoms with Gasteiger partial charge in [0.2, 0.25) is 0 Å². The molecule has 0 saturated heterocycles. The molecule has 2 heteroatoms. The van der Waals surface area contributed by atoms with Crippen LogP contribution in [-0.4, -0.2) is 5.11 Å². The van der Waals surface area contributed by atoms with Crippen LogP contribution in [0.25, 0.3) is 0 Å². The van der Waals surface area contributed by atoms with E-state index < -0.39 is 11.6 Å². The molecule has 0 aliphatic carbocycles. The summed E-state index contributed by atoms with van der Waals surface area (Å²) < 4.78 is 0. The molecule has 0 spiro atoms. The summed E-state index contributed by atoms with van der Waals surface area (Å²) in [6.07, 6.45) is -0.721. The summed E-state index contributed by atoms with van der Waals surface area (Å²) >= 11 is 0. The number of hydrogen-bond donors (Lipinski definition) is 2. The molecule has 0 heterocycles. The first-order valence-electron chi connectivity index (χ1n) is 6.11. The lowest BCUT2D eigenvalue weighted by Gasteiger charge is -2.32. The average molecular weight is 241 g/mol. The summed E-state index contributed by atoms with van der Waals surface area (Å²) in [6.45, 7) is 3.85. The van der Waals surface area contributed by atoms with E-state index >= 15 is 0 Å². The van der Waals surface area contributed by atoms with Crippen molar-refractivity contribution in [2.24, 2.45) is 5.73 Å². The van der Waals surface area contributed by atoms with Crippen LogP contribution in [0.15, 0.2) is 54.6 Å². The van der Waals surface area contributed by atoms with Gasteiger partial charge in [-0.1, -0.05) is 54.6 Å². The molecule has 94 valence electrons. The normalized spacial score (nSPS) is 16.0. The molecule has 2 atom stereocenters. The zero-order valence-corrected chi connectivity index (χ0v) is 10.8. The molecule has 2 unspecified atom stereocenters. The summed E-state index contributed by atoms with van der Waals surface area (Å²) in [4.78, 5) is 0. The Morgan fingerprint density at radius 1 is 1.00 bits per heavy atom. The van der Waals surface area contributed by atoms with Crippen molar-refractivity contribution < 1.29 is 5.11 Å². The molecule has 0 saturated carbocycles. The minimum absolute atomic E-state index is 0.721. The number of aliphatic hydroxyl groups is 1. The SMILES string of the molecule is Cc1ccccc1C(O)C(C)(N)c1ccccc1. The van der Waals surface area contributed by atoms with Crippen LogP contribution >= 0.6 is 0 Å². The molecule has 0 aromatic heterocycles. The van der Waals surface area contributed by atoms with Crippen LogP contribution in [0, 0.1) is 6.92 Å². The third-order valence-electron chi connectivity index (χ3n) is 3.45. The standard InChI is InChI=1S/C16H19NO/c1-12-8-6-7-11-14(12)15(18)16(2,17)13-9-4-3-5-10-13/h3-11,15,18H,17H2,1-2H3. The summed E-state index contributed by atoms with van der Waals surface area (Å²) in [7, 11) is 0. The van der Waals surface area contributed by atoms with Gasteiger partial charge in [-0.2, -0.15) is 0 Å². The molecule has 0 bridgehead atoms. The van der Waals surface area contributed by atoms with Crippen molar-refractivity contribution in [1.82, 2.24) is 0 Å². The molecule has 2 aromatic rings. The molecule has 2 aromatic carbocycles. The fraction of sp³-hybridized carbons (Fsp3) is 0.250. The summed E-state index contributed by atoms with van der Waals surface area (Å²) in [5.74, 6) is 0. The second kappa shape index (κ2) is 4.92. The molecular weight excluding hydrogens is 222 g/mol. The Kier molecular flexibility index (Phi) is 3.50. The van der Waals surface area contributed by atoms with Gasteiger partial charge in [0.1, 0.15) is 6.10 Å². The van der Waals surface area contributed by atoms with Gasteiger partial charge in [-0.15, -0.1) is 0 Å². The van der Waals surface area contributed by atoms with Gasteiger partial charge >= 0.3 is 0 Å². The maximum absolute atomic E-state index is 10.6. The second-order valence-electron chi connectivity index (χ2n) is 4.91. The Bertz CT molecular complexity index is 520. The number of benzene rings is 2. The van der Waals surface area contributed by atoms with Crippen LogP contribution in [0.5, 0.6) is 0 Å². The number of hydrogen-bond acceptors (Lipinski definition) is 2. The van der Waals surface area contributed by atoms with Gasteiger partial charge in [-0.25, -0.2) is 0 Å². The van der Waals surface area contributed by atoms with E-state index in [1.807, 2.05) is 68.4 Å². The highest BCUT2D eigenvalue weighted by atomic mass is 16.3. The first kappa shape index (κ1) is 12.8. The molecule has 2 nitrogen and oxygen atoms in total. The van der Waals surface area contributed by atoms with Crippen LogP contribution in [0.1, 0.15) is 29.7 Å². The number of aryl methyl sites for hydroxylation is 1. The number of rotatable bonds is 3. The molecule has 0 fully saturated rings. The first-order valence-corrected chi connectivity index (χ1v) is 6.11. The molecule has 0 aliphatic heterocycles. The molecule has 2 rings (SSSR count). The van der Waals surface area contributed by atoms with Gasteiger partial charge in [0.15, 0.2) is 0 Å². The Labute approximate surface area is 108 Å². The highest BCUT2D eigenvalue weighted by Gasteiger charge is 2.32. The smallest absolute Gasteiger partial charge is 0.101 e. The number of aliphatic hydroxyl groups excluding tert-OH is 1. The fourth-order valence-electron chi connectivity index (χ4n) is 2.17. The van der Waals surface area contributed by atoms with Crippen LogP contribution in [-0.2, 0) is 5.54 Å². The lowest BCUT2D eigenvalue weighted by atomic mass is 9.82. The topological polar surface area (TPSA) is 46.2 Å². The minimum Gasteiger partial charge on any atom is -0.386 e. The van der Waals surface area contributed by atoms with E-state index in [2.05, 4.69) is 0 Å². The van der Waals surface area contributed by atoms with Crippen molar-refractivity contribution >= 4 is 0 Å². The van der Waals surface area contributed by atoms with Crippen molar-refractivity contribution in [3.63, 3.8) is 0 Å². The molecule has 0 radical (unpaired) electrons. The van der Waals surface area contributed by atoms with Crippen LogP contribution in [0.2, 0.25) is 0 Å². The quantitative estimate of drug-likeness (QED) is 0.868. The molecule has 0 amide bonds. The van der Waals surface area contributed by atoms with Gasteiger partial charge < -0.3 is 10.8 Å². The Morgan fingerprint density at radius 3 is 2.17 bits per heavy atom. The van der Waals surface area contributed by atoms with E-state index in [9.17, 15) is 5.11 Å². The average Bonchev–Trinajstić information content (AvgIpc) is 2.39. The molecular formula is C16H19NO. The highest BCUT2D eigenvalue weighted by molar-refractivity contribution is 5.34. The first-order chi connectivity index (χ1) is 8.53. The Balaban J connectivity index is 2.39. The van der Waals surface area contributed by atoms with Gasteiger partial charge in [0.05, 0.1) is 5.54 Å². The lowest BCUT2D eigenvalue weighted by Crippen LogP contribution is -2.40. The Morgan fingerprint density at radius 2 is 1.56 bits per heavy atom. The third-order valence-corrected chi connectivity index (χ3v) is 3.45. The molecule has 3 N–H and O–H groups in total. The van der Waals surface area contributed by atoms with Crippen molar-refractivity contribution in [3.05, 3.63) is 71.3 Å². The van der Waals surface area contributed by atoms with E-state index in [1.54, 1.807) is 0 Å². The monoisotopic (exact) mass is 241 g/mol. The van der Waals surface area contributed by atoms with Crippen molar-refractivity contribution in [3.8, 4) is 0 Å². The van der Waals surface area contributed by atoms with Crippen LogP contribution < -0.4 is 5.73 Å². The van der Waals surface area contributed by atoms with E-state index in [1.165, 1.54) is 0 Å². The summed E-state index contributed by atoms with van der Waals surface area (Å²) in [5.41, 5.74) is 8.40. The van der Waals surface area contributed by atoms with Gasteiger partial charge in [0, 0.05) is 0 Å². The van der Waals surface area contributed by atoms with Crippen LogP contribution in [0.4, 0.5) is 0 Å². The largest absolute Gasteiger partial charge is 0.386 e. The Hall–Kier alpha value is -1.64. The van der Waals surface area contributed by atoms with Gasteiger partial charge in [0.25, 0.3) is 0 Å². The maximum Gasteiger partial charge on any atom is 0.101 e. The zero-order valence-electron chi connectivity index (χ0n) is 10.8. The predicted octanol–water partition coefficient (Wildman–Crippen LogP) is 2.90. The third kappa shape index (κ3) is 2.30. The maximum atomic E-state index is 10.6. The van der Waals surface area contributed by atoms with Gasteiger partial charge in [-0.05, 0) is 30.5 Å². The van der Waals surface area contributed by atoms with Crippen molar-refractivity contribution in [1.29, 1.82) is 0 Å². The van der Waals surface area contributed by atoms with Crippen LogP contribution in [0.3, 0.4) is 0 Å². The van der Waals surface area contributed by atoms with Crippen molar-refractivity contribution in [2.45, 2.75) is 25.5 Å². The highest BCUT2D eigenvalue weighted by Crippen LogP contribution is 2.33.